The number of benzene rings is 1. The molecule has 1 aromatic heterocycles. The number of aliphatic hydroxyl groups is 1. The summed E-state index contributed by atoms with van der Waals surface area (Å²) in [6.45, 7) is -0.342. The Labute approximate surface area is 115 Å². The van der Waals surface area contributed by atoms with Gasteiger partial charge in [-0.05, 0) is 52.9 Å². The van der Waals surface area contributed by atoms with E-state index >= 15 is 0 Å². The topological polar surface area (TPSA) is 33.4 Å². The molecule has 2 aromatic rings. The lowest BCUT2D eigenvalue weighted by Crippen LogP contribution is -2.07. The van der Waals surface area contributed by atoms with Crippen LogP contribution in [0.25, 0.3) is 11.3 Å². The lowest BCUT2D eigenvalue weighted by Gasteiger charge is -2.11. The van der Waals surface area contributed by atoms with E-state index in [0.717, 1.165) is 6.07 Å². The molecule has 0 bridgehead atoms. The molecule has 0 amide bonds. The van der Waals surface area contributed by atoms with Crippen LogP contribution in [0, 0.1) is 3.57 Å². The van der Waals surface area contributed by atoms with Crippen LogP contribution in [-0.2, 0) is 12.8 Å². The number of hydrogen-bond acceptors (Lipinski definition) is 2. The molecule has 2 nitrogen and oxygen atoms in total. The molecule has 0 aliphatic rings. The monoisotopic (exact) mass is 368 g/mol. The van der Waals surface area contributed by atoms with E-state index in [9.17, 15) is 13.2 Å². The predicted molar refractivity (Wildman–Crippen MR) is 67.8 cm³/mol. The average Bonchev–Trinajstić information content (AvgIpc) is 2.76. The minimum atomic E-state index is -4.44. The Hall–Kier alpha value is -1.02. The van der Waals surface area contributed by atoms with Crippen molar-refractivity contribution in [3.63, 3.8) is 0 Å². The van der Waals surface area contributed by atoms with Gasteiger partial charge in [0.2, 0.25) is 0 Å². The van der Waals surface area contributed by atoms with E-state index in [1.807, 2.05) is 22.6 Å². The number of rotatable bonds is 2. The van der Waals surface area contributed by atoms with Crippen molar-refractivity contribution in [3.05, 3.63) is 45.2 Å². The third-order valence-corrected chi connectivity index (χ3v) is 3.04. The second-order valence-electron chi connectivity index (χ2n) is 3.61. The van der Waals surface area contributed by atoms with Gasteiger partial charge < -0.3 is 9.52 Å². The van der Waals surface area contributed by atoms with Crippen LogP contribution in [0.4, 0.5) is 13.2 Å². The molecule has 1 aromatic carbocycles. The second kappa shape index (κ2) is 4.93. The van der Waals surface area contributed by atoms with Gasteiger partial charge >= 0.3 is 6.18 Å². The molecule has 0 unspecified atom stereocenters. The van der Waals surface area contributed by atoms with E-state index in [1.165, 1.54) is 18.2 Å². The van der Waals surface area contributed by atoms with Gasteiger partial charge in [-0.2, -0.15) is 13.2 Å². The lowest BCUT2D eigenvalue weighted by atomic mass is 10.1. The molecule has 0 atom stereocenters. The molecule has 18 heavy (non-hydrogen) atoms. The third kappa shape index (κ3) is 2.69. The quantitative estimate of drug-likeness (QED) is 0.812. The van der Waals surface area contributed by atoms with Gasteiger partial charge in [-0.15, -0.1) is 0 Å². The van der Waals surface area contributed by atoms with E-state index in [-0.39, 0.29) is 23.7 Å². The van der Waals surface area contributed by atoms with Crippen LogP contribution in [0.5, 0.6) is 0 Å². The Kier molecular flexibility index (Phi) is 3.67. The predicted octanol–water partition coefficient (Wildman–Crippen LogP) is 4.06. The maximum atomic E-state index is 12.9. The Morgan fingerprint density at radius 3 is 2.44 bits per heavy atom. The highest BCUT2D eigenvalue weighted by Crippen LogP contribution is 2.38. The minimum Gasteiger partial charge on any atom is -0.459 e. The SMILES string of the molecule is OCc1ccc(-c2ccc(I)cc2C(F)(F)F)o1. The second-order valence-corrected chi connectivity index (χ2v) is 4.86. The largest absolute Gasteiger partial charge is 0.459 e. The van der Waals surface area contributed by atoms with Crippen molar-refractivity contribution in [2.24, 2.45) is 0 Å². The van der Waals surface area contributed by atoms with Crippen LogP contribution in [-0.4, -0.2) is 5.11 Å². The normalized spacial score (nSPS) is 11.8. The molecule has 0 spiro atoms. The first-order valence-corrected chi connectivity index (χ1v) is 6.06. The lowest BCUT2D eigenvalue weighted by molar-refractivity contribution is -0.137. The molecular weight excluding hydrogens is 360 g/mol. The van der Waals surface area contributed by atoms with Crippen molar-refractivity contribution in [2.45, 2.75) is 12.8 Å². The maximum Gasteiger partial charge on any atom is 0.417 e. The zero-order chi connectivity index (χ0) is 13.3. The summed E-state index contributed by atoms with van der Waals surface area (Å²) >= 11 is 1.82. The summed E-state index contributed by atoms with van der Waals surface area (Å²) in [6, 6.07) is 6.88. The van der Waals surface area contributed by atoms with Crippen molar-refractivity contribution in [3.8, 4) is 11.3 Å². The Balaban J connectivity index is 2.56. The summed E-state index contributed by atoms with van der Waals surface area (Å²) in [5.41, 5.74) is -0.768. The van der Waals surface area contributed by atoms with Crippen LogP contribution in [0.15, 0.2) is 34.7 Å². The summed E-state index contributed by atoms with van der Waals surface area (Å²) in [5.74, 6) is 0.333. The number of aliphatic hydroxyl groups excluding tert-OH is 1. The van der Waals surface area contributed by atoms with Gasteiger partial charge in [-0.3, -0.25) is 0 Å². The third-order valence-electron chi connectivity index (χ3n) is 2.37. The molecule has 6 heteroatoms. The molecule has 0 fully saturated rings. The average molecular weight is 368 g/mol. The van der Waals surface area contributed by atoms with Crippen molar-refractivity contribution in [2.75, 3.05) is 0 Å². The fourth-order valence-corrected chi connectivity index (χ4v) is 2.06. The fraction of sp³-hybridized carbons (Fsp3) is 0.167. The van der Waals surface area contributed by atoms with Gasteiger partial charge in [-0.25, -0.2) is 0 Å². The van der Waals surface area contributed by atoms with Gasteiger partial charge in [0, 0.05) is 9.13 Å². The first-order valence-electron chi connectivity index (χ1n) is 4.98. The Morgan fingerprint density at radius 1 is 1.17 bits per heavy atom. The van der Waals surface area contributed by atoms with Gasteiger partial charge in [-0.1, -0.05) is 0 Å². The van der Waals surface area contributed by atoms with Crippen molar-refractivity contribution < 1.29 is 22.7 Å². The number of furan rings is 1. The van der Waals surface area contributed by atoms with Crippen molar-refractivity contribution in [1.29, 1.82) is 0 Å². The van der Waals surface area contributed by atoms with Crippen LogP contribution in [0.3, 0.4) is 0 Å². The van der Waals surface area contributed by atoms with E-state index in [1.54, 1.807) is 6.07 Å². The summed E-state index contributed by atoms with van der Waals surface area (Å²) in [6.07, 6.45) is -4.44. The van der Waals surface area contributed by atoms with E-state index in [4.69, 9.17) is 9.52 Å². The fourth-order valence-electron chi connectivity index (χ4n) is 1.57. The van der Waals surface area contributed by atoms with Gasteiger partial charge in [0.05, 0.1) is 5.56 Å². The highest BCUT2D eigenvalue weighted by molar-refractivity contribution is 14.1. The minimum absolute atomic E-state index is 0.0254. The van der Waals surface area contributed by atoms with Crippen LogP contribution in [0.1, 0.15) is 11.3 Å². The van der Waals surface area contributed by atoms with Crippen LogP contribution in [0.2, 0.25) is 0 Å². The maximum absolute atomic E-state index is 12.9. The van der Waals surface area contributed by atoms with Crippen molar-refractivity contribution in [1.82, 2.24) is 0 Å². The summed E-state index contributed by atoms with van der Waals surface area (Å²) in [7, 11) is 0. The first kappa shape index (κ1) is 13.4. The highest BCUT2D eigenvalue weighted by Gasteiger charge is 2.34. The van der Waals surface area contributed by atoms with Gasteiger partial charge in [0.25, 0.3) is 0 Å². The number of alkyl halides is 3. The molecule has 1 heterocycles. The molecule has 0 radical (unpaired) electrons. The molecule has 2 rings (SSSR count). The Bertz CT molecular complexity index is 561. The summed E-state index contributed by atoms with van der Waals surface area (Å²) in [4.78, 5) is 0. The molecule has 0 aliphatic heterocycles. The van der Waals surface area contributed by atoms with E-state index in [0.29, 0.717) is 3.57 Å². The number of hydrogen-bond donors (Lipinski definition) is 1. The zero-order valence-electron chi connectivity index (χ0n) is 8.96. The van der Waals surface area contributed by atoms with E-state index in [2.05, 4.69) is 0 Å². The zero-order valence-corrected chi connectivity index (χ0v) is 11.1. The van der Waals surface area contributed by atoms with Crippen LogP contribution >= 0.6 is 22.6 Å². The van der Waals surface area contributed by atoms with Gasteiger partial charge in [0.1, 0.15) is 18.1 Å². The first-order chi connectivity index (χ1) is 8.41. The Morgan fingerprint density at radius 2 is 1.89 bits per heavy atom. The van der Waals surface area contributed by atoms with Gasteiger partial charge in [0.15, 0.2) is 0 Å². The smallest absolute Gasteiger partial charge is 0.417 e. The molecule has 1 N–H and O–H groups in total. The van der Waals surface area contributed by atoms with E-state index < -0.39 is 11.7 Å². The molecule has 0 aliphatic carbocycles. The molecule has 0 saturated heterocycles. The molecule has 0 saturated carbocycles. The number of halogens is 4. The molecular formula is C12H8F3IO2. The van der Waals surface area contributed by atoms with Crippen LogP contribution < -0.4 is 0 Å². The summed E-state index contributed by atoms with van der Waals surface area (Å²) in [5, 5.41) is 8.85. The van der Waals surface area contributed by atoms with Crippen molar-refractivity contribution >= 4 is 22.6 Å². The molecule has 96 valence electrons. The highest BCUT2D eigenvalue weighted by atomic mass is 127. The standard InChI is InChI=1S/C12H8F3IO2/c13-12(14,15)10-5-7(16)1-3-9(10)11-4-2-8(6-17)18-11/h1-5,17H,6H2. The summed E-state index contributed by atoms with van der Waals surface area (Å²) < 4.78 is 44.4.